The summed E-state index contributed by atoms with van der Waals surface area (Å²) >= 11 is 0. The van der Waals surface area contributed by atoms with Crippen molar-refractivity contribution in [3.63, 3.8) is 0 Å². The van der Waals surface area contributed by atoms with Crippen LogP contribution < -0.4 is 9.47 Å². The molecule has 3 heteroatoms. The van der Waals surface area contributed by atoms with Gasteiger partial charge >= 0.3 is 0 Å². The third-order valence-corrected chi connectivity index (χ3v) is 10.6. The summed E-state index contributed by atoms with van der Waals surface area (Å²) in [5.41, 5.74) is 9.28. The number of hydrogen-bond acceptors (Lipinski definition) is 2. The van der Waals surface area contributed by atoms with Gasteiger partial charge in [-0.05, 0) is 82.0 Å². The minimum atomic E-state index is -0.869. The van der Waals surface area contributed by atoms with Crippen LogP contribution in [0.5, 0.6) is 11.5 Å². The fourth-order valence-electron chi connectivity index (χ4n) is 8.49. The standard InChI is InChI=1S/C43H33FO2/c1-45-33-20-17-31(18-21-33)43(30-15-13-29(14-16-30)28-9-3-2-4-10-28)26-23-37-40-39(34-11-5-6-12-35(34)41(37)46-43)36-22-19-32(44)27-38(36)42(40)24-7-8-25-42/h2-6,9-23,26-27H,7-8,24-25H2,1H3. The van der Waals surface area contributed by atoms with E-state index >= 15 is 0 Å². The van der Waals surface area contributed by atoms with Crippen molar-refractivity contribution in [1.82, 2.24) is 0 Å². The summed E-state index contributed by atoms with van der Waals surface area (Å²) in [4.78, 5) is 0. The molecule has 0 bridgehead atoms. The molecule has 0 radical (unpaired) electrons. The summed E-state index contributed by atoms with van der Waals surface area (Å²) in [6.45, 7) is 0. The van der Waals surface area contributed by atoms with Crippen LogP contribution in [0.1, 0.15) is 53.5 Å². The number of hydrogen-bond donors (Lipinski definition) is 0. The molecule has 1 atom stereocenters. The summed E-state index contributed by atoms with van der Waals surface area (Å²) in [5.74, 6) is 1.52. The third kappa shape index (κ3) is 3.81. The third-order valence-electron chi connectivity index (χ3n) is 10.6. The Balaban J connectivity index is 1.29. The van der Waals surface area contributed by atoms with Crippen LogP contribution in [0, 0.1) is 5.82 Å². The van der Waals surface area contributed by atoms with Crippen LogP contribution in [-0.4, -0.2) is 7.11 Å². The van der Waals surface area contributed by atoms with Crippen LogP contribution in [0.3, 0.4) is 0 Å². The molecule has 224 valence electrons. The quantitative estimate of drug-likeness (QED) is 0.200. The largest absolute Gasteiger partial charge is 0.497 e. The van der Waals surface area contributed by atoms with Gasteiger partial charge in [-0.2, -0.15) is 0 Å². The summed E-state index contributed by atoms with van der Waals surface area (Å²) in [7, 11) is 1.69. The minimum Gasteiger partial charge on any atom is -0.497 e. The van der Waals surface area contributed by atoms with Gasteiger partial charge in [0.05, 0.1) is 7.11 Å². The molecular weight excluding hydrogens is 567 g/mol. The molecule has 2 nitrogen and oxygen atoms in total. The number of fused-ring (bicyclic) bond motifs is 10. The lowest BCUT2D eigenvalue weighted by molar-refractivity contribution is 0.163. The Bertz CT molecular complexity index is 2160. The van der Waals surface area contributed by atoms with E-state index in [1.807, 2.05) is 24.3 Å². The Morgan fingerprint density at radius 2 is 1.35 bits per heavy atom. The van der Waals surface area contributed by atoms with Crippen molar-refractivity contribution in [1.29, 1.82) is 0 Å². The van der Waals surface area contributed by atoms with E-state index in [0.29, 0.717) is 0 Å². The number of rotatable bonds is 4. The van der Waals surface area contributed by atoms with Gasteiger partial charge in [-0.1, -0.05) is 116 Å². The van der Waals surface area contributed by atoms with Gasteiger partial charge in [0.1, 0.15) is 17.3 Å². The van der Waals surface area contributed by atoms with Gasteiger partial charge in [-0.15, -0.1) is 0 Å². The van der Waals surface area contributed by atoms with E-state index in [2.05, 4.69) is 97.1 Å². The molecule has 1 spiro atoms. The van der Waals surface area contributed by atoms with Gasteiger partial charge in [-0.25, -0.2) is 4.39 Å². The van der Waals surface area contributed by atoms with Crippen LogP contribution in [-0.2, 0) is 11.0 Å². The number of ether oxygens (including phenoxy) is 2. The number of benzene rings is 6. The van der Waals surface area contributed by atoms with E-state index in [1.54, 1.807) is 19.2 Å². The van der Waals surface area contributed by atoms with Crippen molar-refractivity contribution in [2.45, 2.75) is 36.7 Å². The van der Waals surface area contributed by atoms with Crippen molar-refractivity contribution in [2.24, 2.45) is 0 Å². The number of halogens is 1. The topological polar surface area (TPSA) is 18.5 Å². The summed E-state index contributed by atoms with van der Waals surface area (Å²) < 4.78 is 27.9. The van der Waals surface area contributed by atoms with Gasteiger partial charge in [0, 0.05) is 27.5 Å². The van der Waals surface area contributed by atoms with Gasteiger partial charge in [0.15, 0.2) is 5.60 Å². The second-order valence-corrected chi connectivity index (χ2v) is 12.9. The smallest absolute Gasteiger partial charge is 0.178 e. The summed E-state index contributed by atoms with van der Waals surface area (Å²) in [6.07, 6.45) is 8.81. The minimum absolute atomic E-state index is 0.166. The van der Waals surface area contributed by atoms with E-state index < -0.39 is 5.60 Å². The molecule has 3 aliphatic rings. The van der Waals surface area contributed by atoms with Gasteiger partial charge in [0.25, 0.3) is 0 Å². The van der Waals surface area contributed by atoms with Gasteiger partial charge < -0.3 is 9.47 Å². The van der Waals surface area contributed by atoms with Crippen molar-refractivity contribution < 1.29 is 13.9 Å². The maximum absolute atomic E-state index is 14.9. The lowest BCUT2D eigenvalue weighted by atomic mass is 9.73. The maximum Gasteiger partial charge on any atom is 0.178 e. The predicted octanol–water partition coefficient (Wildman–Crippen LogP) is 10.8. The van der Waals surface area contributed by atoms with E-state index in [1.165, 1.54) is 16.7 Å². The zero-order valence-electron chi connectivity index (χ0n) is 25.7. The first-order chi connectivity index (χ1) is 22.6. The molecule has 6 aromatic carbocycles. The van der Waals surface area contributed by atoms with E-state index in [-0.39, 0.29) is 11.2 Å². The average Bonchev–Trinajstić information content (AvgIpc) is 3.72. The first-order valence-electron chi connectivity index (χ1n) is 16.2. The molecule has 1 saturated carbocycles. The first kappa shape index (κ1) is 27.2. The molecule has 1 aliphatic heterocycles. The molecule has 0 aromatic heterocycles. The average molecular weight is 601 g/mol. The number of methoxy groups -OCH3 is 1. The molecule has 0 saturated heterocycles. The van der Waals surface area contributed by atoms with E-state index in [0.717, 1.165) is 81.3 Å². The van der Waals surface area contributed by atoms with Gasteiger partial charge in [0.2, 0.25) is 0 Å². The maximum atomic E-state index is 14.9. The van der Waals surface area contributed by atoms with Crippen molar-refractivity contribution in [3.05, 3.63) is 161 Å². The molecule has 0 amide bonds. The Morgan fingerprint density at radius 3 is 2.07 bits per heavy atom. The van der Waals surface area contributed by atoms with Crippen LogP contribution in [0.4, 0.5) is 4.39 Å². The van der Waals surface area contributed by atoms with E-state index in [4.69, 9.17) is 9.47 Å². The zero-order chi connectivity index (χ0) is 30.9. The molecule has 1 unspecified atom stereocenters. The van der Waals surface area contributed by atoms with Crippen LogP contribution in [0.2, 0.25) is 0 Å². The Morgan fingerprint density at radius 1 is 0.696 bits per heavy atom. The Kier molecular flexibility index (Phi) is 6.02. The second-order valence-electron chi connectivity index (χ2n) is 12.9. The van der Waals surface area contributed by atoms with Gasteiger partial charge in [-0.3, -0.25) is 0 Å². The fraction of sp³-hybridized carbons (Fsp3) is 0.163. The molecule has 9 rings (SSSR count). The lowest BCUT2D eigenvalue weighted by Gasteiger charge is -2.39. The molecule has 2 aliphatic carbocycles. The van der Waals surface area contributed by atoms with E-state index in [9.17, 15) is 4.39 Å². The molecule has 6 aromatic rings. The Labute approximate surface area is 268 Å². The molecule has 1 fully saturated rings. The van der Waals surface area contributed by atoms with Crippen molar-refractivity contribution in [3.8, 4) is 33.8 Å². The summed E-state index contributed by atoms with van der Waals surface area (Å²) in [5, 5.41) is 2.23. The highest BCUT2D eigenvalue weighted by atomic mass is 19.1. The highest BCUT2D eigenvalue weighted by Gasteiger charge is 2.49. The normalized spacial score (nSPS) is 18.7. The highest BCUT2D eigenvalue weighted by Crippen LogP contribution is 2.62. The monoisotopic (exact) mass is 600 g/mol. The van der Waals surface area contributed by atoms with Crippen LogP contribution in [0.15, 0.2) is 127 Å². The molecule has 46 heavy (non-hydrogen) atoms. The van der Waals surface area contributed by atoms with Crippen molar-refractivity contribution >= 4 is 16.8 Å². The van der Waals surface area contributed by atoms with Crippen LogP contribution >= 0.6 is 0 Å². The highest BCUT2D eigenvalue weighted by molar-refractivity contribution is 6.08. The first-order valence-corrected chi connectivity index (χ1v) is 16.2. The molecule has 1 heterocycles. The van der Waals surface area contributed by atoms with Crippen molar-refractivity contribution in [2.75, 3.05) is 7.11 Å². The molecular formula is C43H33FO2. The molecule has 0 N–H and O–H groups in total. The summed E-state index contributed by atoms with van der Waals surface area (Å²) in [6, 6.07) is 41.4. The van der Waals surface area contributed by atoms with Crippen LogP contribution in [0.25, 0.3) is 39.1 Å². The fourth-order valence-corrected chi connectivity index (χ4v) is 8.49. The Hall–Kier alpha value is -5.15. The SMILES string of the molecule is COc1ccc(C2(c3ccc(-c4ccccc4)cc3)C=Cc3c4c(c5ccccc5c3O2)-c2ccc(F)cc2C42CCCC2)cc1. The lowest BCUT2D eigenvalue weighted by Crippen LogP contribution is -2.35. The predicted molar refractivity (Wildman–Crippen MR) is 184 cm³/mol. The zero-order valence-corrected chi connectivity index (χ0v) is 25.7. The second kappa shape index (κ2) is 10.2.